The minimum Gasteiger partial charge on any atom is -0.372 e. The van der Waals surface area contributed by atoms with Crippen LogP contribution in [-0.4, -0.2) is 57.4 Å². The third-order valence-corrected chi connectivity index (χ3v) is 7.13. The summed E-state index contributed by atoms with van der Waals surface area (Å²) in [6.07, 6.45) is 7.87. The molecule has 1 atom stereocenters. The molecule has 0 saturated carbocycles. The molecule has 31 heavy (non-hydrogen) atoms. The number of rotatable bonds is 6. The Balaban J connectivity index is 1.29. The number of thiazole rings is 1. The van der Waals surface area contributed by atoms with Gasteiger partial charge in [0, 0.05) is 37.8 Å². The summed E-state index contributed by atoms with van der Waals surface area (Å²) in [5.41, 5.74) is 2.88. The van der Waals surface area contributed by atoms with Crippen LogP contribution in [0.3, 0.4) is 0 Å². The van der Waals surface area contributed by atoms with E-state index in [0.29, 0.717) is 12.3 Å². The van der Waals surface area contributed by atoms with E-state index in [-0.39, 0.29) is 12.0 Å². The van der Waals surface area contributed by atoms with Crippen molar-refractivity contribution in [2.45, 2.75) is 51.4 Å². The highest BCUT2D eigenvalue weighted by Gasteiger charge is 2.28. The van der Waals surface area contributed by atoms with Crippen LogP contribution in [0.25, 0.3) is 4.96 Å². The predicted octanol–water partition coefficient (Wildman–Crippen LogP) is 4.20. The zero-order chi connectivity index (χ0) is 21.0. The molecule has 1 aromatic carbocycles. The van der Waals surface area contributed by atoms with Gasteiger partial charge in [-0.15, -0.1) is 11.3 Å². The molecule has 6 nitrogen and oxygen atoms in total. The number of benzene rings is 1. The third-order valence-electron chi connectivity index (χ3n) is 6.37. The standard InChI is InChI=1S/C24H30N4O2S/c29-23(27-12-5-2-6-13-27)22-21(28-14-15-31-24(28)25-22)17-26-11-7-10-20(16-26)30-18-19-8-3-1-4-9-19/h1,3-4,8-9,14-15,20H,2,5-7,10-13,16-18H2. The number of aromatic nitrogens is 2. The SMILES string of the molecule is O=C(c1nc2sccn2c1CN1CCCC(OCc2ccccc2)C1)N1CCCCC1. The van der Waals surface area contributed by atoms with E-state index in [9.17, 15) is 4.79 Å². The number of likely N-dealkylation sites (tertiary alicyclic amines) is 2. The lowest BCUT2D eigenvalue weighted by Gasteiger charge is -2.33. The number of hydrogen-bond donors (Lipinski definition) is 0. The number of ether oxygens (including phenoxy) is 1. The van der Waals surface area contributed by atoms with Crippen molar-refractivity contribution in [1.82, 2.24) is 19.2 Å². The van der Waals surface area contributed by atoms with Crippen molar-refractivity contribution in [3.05, 3.63) is 58.9 Å². The summed E-state index contributed by atoms with van der Waals surface area (Å²) in [5.74, 6) is 0.0967. The zero-order valence-electron chi connectivity index (χ0n) is 17.9. The Kier molecular flexibility index (Phi) is 6.34. The van der Waals surface area contributed by atoms with E-state index < -0.39 is 0 Å². The molecule has 2 aliphatic heterocycles. The van der Waals surface area contributed by atoms with Crippen molar-refractivity contribution < 1.29 is 9.53 Å². The number of nitrogens with zero attached hydrogens (tertiary/aromatic N) is 4. The zero-order valence-corrected chi connectivity index (χ0v) is 18.7. The monoisotopic (exact) mass is 438 g/mol. The Bertz CT molecular complexity index is 1010. The molecule has 5 rings (SSSR count). The van der Waals surface area contributed by atoms with E-state index >= 15 is 0 Å². The van der Waals surface area contributed by atoms with Gasteiger partial charge in [0.25, 0.3) is 5.91 Å². The Hall–Kier alpha value is -2.22. The number of hydrogen-bond acceptors (Lipinski definition) is 5. The highest BCUT2D eigenvalue weighted by Crippen LogP contribution is 2.24. The van der Waals surface area contributed by atoms with Gasteiger partial charge in [-0.25, -0.2) is 4.98 Å². The highest BCUT2D eigenvalue weighted by molar-refractivity contribution is 7.15. The molecule has 0 N–H and O–H groups in total. The van der Waals surface area contributed by atoms with Gasteiger partial charge in [0.2, 0.25) is 0 Å². The van der Waals surface area contributed by atoms with Gasteiger partial charge in [0.05, 0.1) is 18.4 Å². The predicted molar refractivity (Wildman–Crippen MR) is 122 cm³/mol. The summed E-state index contributed by atoms with van der Waals surface area (Å²) in [5, 5.41) is 2.04. The molecule has 2 aliphatic rings. The number of carbonyl (C=O) groups is 1. The molecule has 0 aliphatic carbocycles. The minimum absolute atomic E-state index is 0.0967. The Morgan fingerprint density at radius 3 is 2.77 bits per heavy atom. The van der Waals surface area contributed by atoms with Gasteiger partial charge >= 0.3 is 0 Å². The van der Waals surface area contributed by atoms with Gasteiger partial charge in [-0.05, 0) is 44.2 Å². The van der Waals surface area contributed by atoms with Crippen LogP contribution in [0.1, 0.15) is 53.8 Å². The molecule has 4 heterocycles. The normalized spacial score (nSPS) is 20.4. The fourth-order valence-corrected chi connectivity index (χ4v) is 5.43. The largest absolute Gasteiger partial charge is 0.372 e. The van der Waals surface area contributed by atoms with Crippen LogP contribution in [0, 0.1) is 0 Å². The first-order chi connectivity index (χ1) is 15.3. The average molecular weight is 439 g/mol. The second kappa shape index (κ2) is 9.51. The summed E-state index contributed by atoms with van der Waals surface area (Å²) in [4.78, 5) is 23.3. The molecule has 3 aromatic rings. The highest BCUT2D eigenvalue weighted by atomic mass is 32.1. The summed E-state index contributed by atoms with van der Waals surface area (Å²) in [6.45, 7) is 5.00. The van der Waals surface area contributed by atoms with Crippen molar-refractivity contribution in [2.24, 2.45) is 0 Å². The quantitative estimate of drug-likeness (QED) is 0.579. The molecule has 2 saturated heterocycles. The van der Waals surface area contributed by atoms with E-state index in [1.165, 1.54) is 12.0 Å². The Labute approximate surface area is 187 Å². The fraction of sp³-hybridized carbons (Fsp3) is 0.500. The van der Waals surface area contributed by atoms with Crippen LogP contribution >= 0.6 is 11.3 Å². The van der Waals surface area contributed by atoms with E-state index in [2.05, 4.69) is 33.6 Å². The second-order valence-electron chi connectivity index (χ2n) is 8.61. The molecular formula is C24H30N4O2S. The number of imidazole rings is 1. The van der Waals surface area contributed by atoms with E-state index in [1.807, 2.05) is 22.5 Å². The number of fused-ring (bicyclic) bond motifs is 1. The average Bonchev–Trinajstić information content (AvgIpc) is 3.41. The van der Waals surface area contributed by atoms with Crippen LogP contribution in [0.4, 0.5) is 0 Å². The van der Waals surface area contributed by atoms with Gasteiger partial charge in [-0.3, -0.25) is 14.1 Å². The second-order valence-corrected chi connectivity index (χ2v) is 9.48. The van der Waals surface area contributed by atoms with E-state index in [0.717, 1.165) is 69.1 Å². The van der Waals surface area contributed by atoms with Crippen molar-refractivity contribution in [2.75, 3.05) is 26.2 Å². The Morgan fingerprint density at radius 1 is 1.10 bits per heavy atom. The molecule has 7 heteroatoms. The van der Waals surface area contributed by atoms with Gasteiger partial charge in [0.15, 0.2) is 10.7 Å². The summed E-state index contributed by atoms with van der Waals surface area (Å²) in [6, 6.07) is 10.4. The van der Waals surface area contributed by atoms with Crippen LogP contribution in [0.2, 0.25) is 0 Å². The van der Waals surface area contributed by atoms with E-state index in [4.69, 9.17) is 9.72 Å². The third kappa shape index (κ3) is 4.68. The van der Waals surface area contributed by atoms with Gasteiger partial charge in [0.1, 0.15) is 0 Å². The Morgan fingerprint density at radius 2 is 1.94 bits per heavy atom. The van der Waals surface area contributed by atoms with Crippen LogP contribution in [0.15, 0.2) is 41.9 Å². The van der Waals surface area contributed by atoms with Gasteiger partial charge in [-0.1, -0.05) is 30.3 Å². The lowest BCUT2D eigenvalue weighted by Crippen LogP contribution is -2.40. The van der Waals surface area contributed by atoms with Crippen molar-refractivity contribution in [3.8, 4) is 0 Å². The molecule has 1 unspecified atom stereocenters. The molecule has 1 amide bonds. The molecule has 164 valence electrons. The minimum atomic E-state index is 0.0967. The maximum atomic E-state index is 13.3. The van der Waals surface area contributed by atoms with Gasteiger partial charge < -0.3 is 9.64 Å². The lowest BCUT2D eigenvalue weighted by molar-refractivity contribution is -0.0124. The van der Waals surface area contributed by atoms with Crippen LogP contribution in [-0.2, 0) is 17.9 Å². The first-order valence-electron chi connectivity index (χ1n) is 11.4. The van der Waals surface area contributed by atoms with Gasteiger partial charge in [-0.2, -0.15) is 0 Å². The molecule has 0 spiro atoms. The smallest absolute Gasteiger partial charge is 0.274 e. The summed E-state index contributed by atoms with van der Waals surface area (Å²) in [7, 11) is 0. The first kappa shape index (κ1) is 20.7. The maximum absolute atomic E-state index is 13.3. The summed E-state index contributed by atoms with van der Waals surface area (Å²) < 4.78 is 8.33. The number of amides is 1. The molecule has 0 radical (unpaired) electrons. The summed E-state index contributed by atoms with van der Waals surface area (Å²) >= 11 is 1.59. The van der Waals surface area contributed by atoms with Crippen LogP contribution < -0.4 is 0 Å². The van der Waals surface area contributed by atoms with Crippen LogP contribution in [0.5, 0.6) is 0 Å². The maximum Gasteiger partial charge on any atom is 0.274 e. The molecule has 2 fully saturated rings. The van der Waals surface area contributed by atoms with Crippen molar-refractivity contribution in [1.29, 1.82) is 0 Å². The molecular weight excluding hydrogens is 408 g/mol. The number of piperidine rings is 2. The lowest BCUT2D eigenvalue weighted by atomic mass is 10.1. The van der Waals surface area contributed by atoms with Crippen molar-refractivity contribution in [3.63, 3.8) is 0 Å². The first-order valence-corrected chi connectivity index (χ1v) is 12.3. The van der Waals surface area contributed by atoms with E-state index in [1.54, 1.807) is 11.3 Å². The topological polar surface area (TPSA) is 50.1 Å². The van der Waals surface area contributed by atoms with Crippen molar-refractivity contribution >= 4 is 22.2 Å². The molecule has 2 aromatic heterocycles. The number of carbonyl (C=O) groups excluding carboxylic acids is 1. The fourth-order valence-electron chi connectivity index (χ4n) is 4.69. The molecule has 0 bridgehead atoms.